The fourth-order valence-corrected chi connectivity index (χ4v) is 4.66. The molecule has 1 saturated heterocycles. The van der Waals surface area contributed by atoms with Gasteiger partial charge in [0.2, 0.25) is 0 Å². The summed E-state index contributed by atoms with van der Waals surface area (Å²) in [7, 11) is -4.36. The number of aliphatic hydroxyl groups excluding tert-OH is 1. The van der Waals surface area contributed by atoms with Gasteiger partial charge in [0.05, 0.1) is 6.61 Å². The number of H-pyrrole nitrogens is 1. The number of hydrogen-bond acceptors (Lipinski definition) is 8. The summed E-state index contributed by atoms with van der Waals surface area (Å²) in [5, 5.41) is 21.8. The molecule has 0 bridgehead atoms. The van der Waals surface area contributed by atoms with E-state index in [0.717, 1.165) is 19.2 Å². The fourth-order valence-electron chi connectivity index (χ4n) is 3.16. The van der Waals surface area contributed by atoms with Gasteiger partial charge in [0.1, 0.15) is 24.0 Å². The monoisotopic (exact) mass is 487 g/mol. The maximum Gasteiger partial charge on any atom is 0.459 e. The number of aliphatic carboxylic acids is 1. The Morgan fingerprint density at radius 2 is 2.03 bits per heavy atom. The van der Waals surface area contributed by atoms with E-state index in [1.54, 1.807) is 18.2 Å². The number of nitrogens with zero attached hydrogens (tertiary/aromatic N) is 1. The van der Waals surface area contributed by atoms with Crippen molar-refractivity contribution in [3.8, 4) is 5.75 Å². The highest BCUT2D eigenvalue weighted by atomic mass is 31.2. The number of rotatable bonds is 9. The molecular formula is C19H23FN3O9P. The average molecular weight is 487 g/mol. The molecule has 12 nitrogen and oxygen atoms in total. The molecule has 3 rings (SSSR count). The number of aliphatic hydroxyl groups is 1. The van der Waals surface area contributed by atoms with E-state index in [0.29, 0.717) is 4.57 Å². The number of carbonyl (C=O) groups is 1. The molecular weight excluding hydrogens is 464 g/mol. The lowest BCUT2D eigenvalue weighted by Gasteiger charge is -2.25. The molecule has 1 aliphatic heterocycles. The number of aromatic nitrogens is 2. The highest BCUT2D eigenvalue weighted by Crippen LogP contribution is 2.47. The van der Waals surface area contributed by atoms with Crippen LogP contribution in [-0.4, -0.2) is 56.3 Å². The molecule has 14 heteroatoms. The molecule has 2 heterocycles. The molecule has 0 radical (unpaired) electrons. The van der Waals surface area contributed by atoms with E-state index in [9.17, 15) is 24.1 Å². The van der Waals surface area contributed by atoms with Gasteiger partial charge in [0, 0.05) is 12.3 Å². The van der Waals surface area contributed by atoms with Gasteiger partial charge < -0.3 is 24.5 Å². The van der Waals surface area contributed by atoms with E-state index in [4.69, 9.17) is 18.9 Å². The Morgan fingerprint density at radius 1 is 1.36 bits per heavy atom. The molecule has 0 spiro atoms. The first-order valence-corrected chi connectivity index (χ1v) is 11.3. The van der Waals surface area contributed by atoms with Crippen molar-refractivity contribution in [3.05, 3.63) is 63.4 Å². The fraction of sp³-hybridized carbons (Fsp3) is 0.421. The summed E-state index contributed by atoms with van der Waals surface area (Å²) >= 11 is 0. The maximum absolute atomic E-state index is 15.3. The van der Waals surface area contributed by atoms with Crippen LogP contribution in [0.3, 0.4) is 0 Å². The van der Waals surface area contributed by atoms with Crippen molar-refractivity contribution in [2.45, 2.75) is 44.0 Å². The largest absolute Gasteiger partial charge is 0.480 e. The number of aromatic amines is 1. The van der Waals surface area contributed by atoms with Gasteiger partial charge >= 0.3 is 19.4 Å². The van der Waals surface area contributed by atoms with Gasteiger partial charge in [-0.25, -0.2) is 18.3 Å². The number of nitrogens with one attached hydrogen (secondary N) is 2. The second-order valence-corrected chi connectivity index (χ2v) is 9.19. The zero-order valence-corrected chi connectivity index (χ0v) is 18.5. The van der Waals surface area contributed by atoms with Gasteiger partial charge in [0.15, 0.2) is 11.9 Å². The number of para-hydroxylation sites is 1. The summed E-state index contributed by atoms with van der Waals surface area (Å²) in [6.07, 6.45) is -4.10. The van der Waals surface area contributed by atoms with Crippen molar-refractivity contribution in [2.24, 2.45) is 0 Å². The molecule has 2 aromatic rings. The Balaban J connectivity index is 1.82. The third-order valence-corrected chi connectivity index (χ3v) is 6.58. The van der Waals surface area contributed by atoms with Crippen LogP contribution in [0.5, 0.6) is 5.75 Å². The number of benzene rings is 1. The number of hydrogen-bond donors (Lipinski definition) is 4. The lowest BCUT2D eigenvalue weighted by Crippen LogP contribution is -2.46. The molecule has 0 aliphatic carbocycles. The normalized spacial score (nSPS) is 27.6. The highest BCUT2D eigenvalue weighted by molar-refractivity contribution is 7.52. The second-order valence-electron chi connectivity index (χ2n) is 7.50. The number of carboxylic acids is 1. The minimum absolute atomic E-state index is 0.0920. The summed E-state index contributed by atoms with van der Waals surface area (Å²) in [5.74, 6) is -1.25. The smallest absolute Gasteiger partial charge is 0.459 e. The first kappa shape index (κ1) is 24.8. The zero-order valence-electron chi connectivity index (χ0n) is 17.6. The summed E-state index contributed by atoms with van der Waals surface area (Å²) in [6, 6.07) is 7.37. The van der Waals surface area contributed by atoms with Crippen LogP contribution in [0.1, 0.15) is 20.1 Å². The molecule has 180 valence electrons. The molecule has 0 amide bonds. The van der Waals surface area contributed by atoms with E-state index in [1.165, 1.54) is 19.1 Å². The van der Waals surface area contributed by atoms with Crippen molar-refractivity contribution in [3.63, 3.8) is 0 Å². The second kappa shape index (κ2) is 9.57. The first-order valence-electron chi connectivity index (χ1n) is 9.77. The number of alkyl halides is 1. The van der Waals surface area contributed by atoms with Crippen LogP contribution in [0.15, 0.2) is 52.2 Å². The lowest BCUT2D eigenvalue weighted by molar-refractivity contribution is -0.138. The minimum Gasteiger partial charge on any atom is -0.480 e. The van der Waals surface area contributed by atoms with Crippen LogP contribution in [0, 0.1) is 0 Å². The van der Waals surface area contributed by atoms with Crippen LogP contribution in [0.2, 0.25) is 0 Å². The summed E-state index contributed by atoms with van der Waals surface area (Å²) in [5.41, 5.74) is -4.42. The topological polar surface area (TPSA) is 169 Å². The van der Waals surface area contributed by atoms with Crippen LogP contribution >= 0.6 is 7.75 Å². The van der Waals surface area contributed by atoms with Gasteiger partial charge in [-0.15, -0.1) is 0 Å². The quantitative estimate of drug-likeness (QED) is 0.371. The van der Waals surface area contributed by atoms with Crippen molar-refractivity contribution >= 4 is 13.7 Å². The van der Waals surface area contributed by atoms with E-state index >= 15 is 4.39 Å². The molecule has 1 aliphatic rings. The van der Waals surface area contributed by atoms with E-state index in [2.05, 4.69) is 10.1 Å². The Labute approximate surface area is 186 Å². The summed E-state index contributed by atoms with van der Waals surface area (Å²) < 4.78 is 45.0. The molecule has 0 saturated carbocycles. The number of ether oxygens (including phenoxy) is 1. The van der Waals surface area contributed by atoms with E-state index < -0.39 is 61.7 Å². The SMILES string of the molecule is CC(NP(=O)(OC[C@H]1O[C@@H](n2c(=O)cc[nH]c2=O)[C@@](C)(F)[C@@H]1O)Oc1ccccc1)C(=O)O. The lowest BCUT2D eigenvalue weighted by atomic mass is 9.98. The van der Waals surface area contributed by atoms with Crippen molar-refractivity contribution in [2.75, 3.05) is 6.61 Å². The van der Waals surface area contributed by atoms with Gasteiger partial charge in [-0.1, -0.05) is 18.2 Å². The van der Waals surface area contributed by atoms with Crippen LogP contribution < -0.4 is 20.9 Å². The average Bonchev–Trinajstić information content (AvgIpc) is 2.96. The van der Waals surface area contributed by atoms with Crippen molar-refractivity contribution in [1.82, 2.24) is 14.6 Å². The van der Waals surface area contributed by atoms with Crippen molar-refractivity contribution in [1.29, 1.82) is 0 Å². The van der Waals surface area contributed by atoms with Crippen LogP contribution in [0.4, 0.5) is 4.39 Å². The Hall–Kier alpha value is -2.83. The third kappa shape index (κ3) is 5.40. The Bertz CT molecular complexity index is 1120. The molecule has 1 fully saturated rings. The van der Waals surface area contributed by atoms with Crippen LogP contribution in [0.25, 0.3) is 0 Å². The van der Waals surface area contributed by atoms with Gasteiger partial charge in [0.25, 0.3) is 5.56 Å². The molecule has 33 heavy (non-hydrogen) atoms. The van der Waals surface area contributed by atoms with Gasteiger partial charge in [-0.3, -0.25) is 14.1 Å². The zero-order chi connectivity index (χ0) is 24.4. The third-order valence-electron chi connectivity index (χ3n) is 4.94. The van der Waals surface area contributed by atoms with Crippen LogP contribution in [-0.2, 0) is 18.6 Å². The molecule has 1 aromatic heterocycles. The molecule has 6 atom stereocenters. The highest BCUT2D eigenvalue weighted by Gasteiger charge is 2.56. The summed E-state index contributed by atoms with van der Waals surface area (Å²) in [6.45, 7) is 1.42. The van der Waals surface area contributed by atoms with Gasteiger partial charge in [-0.05, 0) is 26.0 Å². The van der Waals surface area contributed by atoms with Crippen molar-refractivity contribution < 1.29 is 37.7 Å². The minimum atomic E-state index is -4.36. The molecule has 1 aromatic carbocycles. The predicted molar refractivity (Wildman–Crippen MR) is 112 cm³/mol. The predicted octanol–water partition coefficient (Wildman–Crippen LogP) is 0.789. The van der Waals surface area contributed by atoms with E-state index in [1.807, 2.05) is 0 Å². The van der Waals surface area contributed by atoms with Gasteiger partial charge in [-0.2, -0.15) is 5.09 Å². The molecule has 4 N–H and O–H groups in total. The van der Waals surface area contributed by atoms with E-state index in [-0.39, 0.29) is 5.75 Å². The first-order chi connectivity index (χ1) is 15.4. The Kier molecular flexibility index (Phi) is 7.20. The summed E-state index contributed by atoms with van der Waals surface area (Å²) in [4.78, 5) is 37.6. The number of carboxylic acid groups (broad SMARTS) is 1. The molecule has 2 unspecified atom stereocenters. The maximum atomic E-state index is 15.3. The standard InChI is InChI=1S/C19H23FN3O9P/c1-11(16(26)27)22-33(29,32-12-6-4-3-5-7-12)30-10-13-15(25)19(2,20)17(31-13)23-14(24)8-9-21-18(23)28/h3-9,11,13,15,17,25H,10H2,1-2H3,(H,21,28)(H,22,29)(H,26,27)/t11?,13-,15-,17-,19+,33?/m1/s1. The number of halogens is 1. The Morgan fingerprint density at radius 3 is 2.64 bits per heavy atom.